The van der Waals surface area contributed by atoms with E-state index in [1.807, 2.05) is 6.07 Å². The van der Waals surface area contributed by atoms with Crippen LogP contribution in [0.4, 0.5) is 4.39 Å². The molecule has 0 aliphatic heterocycles. The highest BCUT2D eigenvalue weighted by atomic mass is 79.9. The van der Waals surface area contributed by atoms with Crippen molar-refractivity contribution >= 4 is 27.5 Å². The molecule has 0 aliphatic rings. The minimum atomic E-state index is -0.508. The number of rotatable bonds is 7. The zero-order valence-electron chi connectivity index (χ0n) is 11.6. The molecule has 0 amide bonds. The molecular formula is C15H16BrClFNO2. The van der Waals surface area contributed by atoms with E-state index in [1.54, 1.807) is 6.26 Å². The van der Waals surface area contributed by atoms with Crippen molar-refractivity contribution in [2.24, 2.45) is 0 Å². The Hall–Kier alpha value is -1.04. The molecule has 6 heteroatoms. The molecule has 0 bridgehead atoms. The van der Waals surface area contributed by atoms with Crippen molar-refractivity contribution < 1.29 is 13.5 Å². The Balaban J connectivity index is 2.00. The van der Waals surface area contributed by atoms with Gasteiger partial charge in [-0.25, -0.2) is 4.39 Å². The van der Waals surface area contributed by atoms with E-state index in [1.165, 1.54) is 12.1 Å². The topological polar surface area (TPSA) is 34.4 Å². The van der Waals surface area contributed by atoms with Gasteiger partial charge in [-0.05, 0) is 41.0 Å². The first-order chi connectivity index (χ1) is 10.1. The fraction of sp³-hybridized carbons (Fsp3) is 0.333. The molecule has 0 atom stereocenters. The molecular weight excluding hydrogens is 361 g/mol. The number of benzene rings is 1. The molecule has 3 nitrogen and oxygen atoms in total. The van der Waals surface area contributed by atoms with Crippen molar-refractivity contribution in [1.29, 1.82) is 0 Å². The van der Waals surface area contributed by atoms with Gasteiger partial charge in [0.25, 0.3) is 0 Å². The molecule has 0 radical (unpaired) electrons. The first-order valence-electron chi connectivity index (χ1n) is 6.65. The van der Waals surface area contributed by atoms with Crippen LogP contribution in [0, 0.1) is 5.82 Å². The number of nitrogens with one attached hydrogen (secondary N) is 1. The van der Waals surface area contributed by atoms with Gasteiger partial charge in [0.2, 0.25) is 0 Å². The van der Waals surface area contributed by atoms with Crippen LogP contribution >= 0.6 is 27.5 Å². The molecule has 0 spiro atoms. The SMILES string of the molecule is CCCNCc1occc1COc1cc(F)c(Cl)cc1Br. The van der Waals surface area contributed by atoms with E-state index in [-0.39, 0.29) is 5.02 Å². The lowest BCUT2D eigenvalue weighted by molar-refractivity contribution is 0.298. The molecule has 114 valence electrons. The predicted octanol–water partition coefficient (Wildman–Crippen LogP) is 4.91. The van der Waals surface area contributed by atoms with Crippen LogP contribution in [0.15, 0.2) is 33.4 Å². The summed E-state index contributed by atoms with van der Waals surface area (Å²) < 4.78 is 25.1. The van der Waals surface area contributed by atoms with E-state index in [0.717, 1.165) is 24.3 Å². The summed E-state index contributed by atoms with van der Waals surface area (Å²) in [7, 11) is 0. The molecule has 1 aromatic carbocycles. The van der Waals surface area contributed by atoms with Gasteiger partial charge in [0.15, 0.2) is 0 Å². The van der Waals surface area contributed by atoms with Gasteiger partial charge in [0.1, 0.15) is 23.9 Å². The third-order valence-electron chi connectivity index (χ3n) is 2.91. The van der Waals surface area contributed by atoms with Gasteiger partial charge in [0, 0.05) is 11.6 Å². The van der Waals surface area contributed by atoms with E-state index in [2.05, 4.69) is 28.2 Å². The Morgan fingerprint density at radius 2 is 2.24 bits per heavy atom. The van der Waals surface area contributed by atoms with Gasteiger partial charge >= 0.3 is 0 Å². The summed E-state index contributed by atoms with van der Waals surface area (Å²) in [5.41, 5.74) is 0.931. The highest BCUT2D eigenvalue weighted by molar-refractivity contribution is 9.10. The van der Waals surface area contributed by atoms with Crippen LogP contribution in [0.5, 0.6) is 5.75 Å². The maximum absolute atomic E-state index is 13.4. The minimum absolute atomic E-state index is 0.0574. The zero-order valence-corrected chi connectivity index (χ0v) is 13.9. The average Bonchev–Trinajstić information content (AvgIpc) is 2.89. The second-order valence-corrected chi connectivity index (χ2v) is 5.79. The Morgan fingerprint density at radius 1 is 1.43 bits per heavy atom. The van der Waals surface area contributed by atoms with E-state index >= 15 is 0 Å². The monoisotopic (exact) mass is 375 g/mol. The van der Waals surface area contributed by atoms with Crippen molar-refractivity contribution in [2.75, 3.05) is 6.54 Å². The summed E-state index contributed by atoms with van der Waals surface area (Å²) in [4.78, 5) is 0. The standard InChI is InChI=1S/C15H16BrClFNO2/c1-2-4-19-8-15-10(3-5-20-15)9-21-14-7-13(18)12(17)6-11(14)16/h3,5-7,19H,2,4,8-9H2,1H3. The molecule has 1 aromatic heterocycles. The summed E-state index contributed by atoms with van der Waals surface area (Å²) in [5, 5.41) is 3.33. The first kappa shape index (κ1) is 16.3. The third-order valence-corrected chi connectivity index (χ3v) is 3.82. The maximum Gasteiger partial charge on any atom is 0.145 e. The molecule has 1 N–H and O–H groups in total. The van der Waals surface area contributed by atoms with Gasteiger partial charge in [-0.15, -0.1) is 0 Å². The second kappa shape index (κ2) is 7.82. The van der Waals surface area contributed by atoms with E-state index in [9.17, 15) is 4.39 Å². The molecule has 0 unspecified atom stereocenters. The number of furan rings is 1. The van der Waals surface area contributed by atoms with Crippen molar-refractivity contribution in [1.82, 2.24) is 5.32 Å². The van der Waals surface area contributed by atoms with Crippen LogP contribution < -0.4 is 10.1 Å². The van der Waals surface area contributed by atoms with Crippen LogP contribution in [0.2, 0.25) is 5.02 Å². The second-order valence-electron chi connectivity index (χ2n) is 4.53. The predicted molar refractivity (Wildman–Crippen MR) is 84.1 cm³/mol. The molecule has 21 heavy (non-hydrogen) atoms. The van der Waals surface area contributed by atoms with Crippen LogP contribution in [-0.4, -0.2) is 6.54 Å². The van der Waals surface area contributed by atoms with Crippen molar-refractivity contribution in [3.05, 3.63) is 51.1 Å². The highest BCUT2D eigenvalue weighted by Crippen LogP contribution is 2.31. The first-order valence-corrected chi connectivity index (χ1v) is 7.82. The molecule has 1 heterocycles. The lowest BCUT2D eigenvalue weighted by atomic mass is 10.2. The summed E-state index contributed by atoms with van der Waals surface area (Å²) >= 11 is 9.00. The number of ether oxygens (including phenoxy) is 1. The van der Waals surface area contributed by atoms with Crippen molar-refractivity contribution in [3.8, 4) is 5.75 Å². The lowest BCUT2D eigenvalue weighted by Gasteiger charge is -2.09. The average molecular weight is 377 g/mol. The fourth-order valence-corrected chi connectivity index (χ4v) is 2.55. The minimum Gasteiger partial charge on any atom is -0.487 e. The summed E-state index contributed by atoms with van der Waals surface area (Å²) in [6.07, 6.45) is 2.68. The van der Waals surface area contributed by atoms with E-state index < -0.39 is 5.82 Å². The van der Waals surface area contributed by atoms with Gasteiger partial charge < -0.3 is 14.5 Å². The largest absolute Gasteiger partial charge is 0.487 e. The quantitative estimate of drug-likeness (QED) is 0.550. The molecule has 0 aliphatic carbocycles. The summed E-state index contributed by atoms with van der Waals surface area (Å²) in [6, 6.07) is 4.59. The number of hydrogen-bond donors (Lipinski definition) is 1. The van der Waals surface area contributed by atoms with Crippen LogP contribution in [-0.2, 0) is 13.2 Å². The lowest BCUT2D eigenvalue weighted by Crippen LogP contribution is -2.14. The molecule has 2 aromatic rings. The van der Waals surface area contributed by atoms with Crippen molar-refractivity contribution in [2.45, 2.75) is 26.5 Å². The maximum atomic E-state index is 13.4. The van der Waals surface area contributed by atoms with Gasteiger partial charge in [-0.2, -0.15) is 0 Å². The van der Waals surface area contributed by atoms with E-state index in [0.29, 0.717) is 23.4 Å². The molecule has 0 fully saturated rings. The summed E-state index contributed by atoms with van der Waals surface area (Å²) in [5.74, 6) is 0.728. The van der Waals surface area contributed by atoms with Crippen molar-refractivity contribution in [3.63, 3.8) is 0 Å². The molecule has 2 rings (SSSR count). The van der Waals surface area contributed by atoms with Gasteiger partial charge in [-0.3, -0.25) is 0 Å². The molecule has 0 saturated carbocycles. The zero-order chi connectivity index (χ0) is 15.2. The fourth-order valence-electron chi connectivity index (χ4n) is 1.80. The van der Waals surface area contributed by atoms with Gasteiger partial charge in [-0.1, -0.05) is 18.5 Å². The summed E-state index contributed by atoms with van der Waals surface area (Å²) in [6.45, 7) is 3.98. The normalized spacial score (nSPS) is 10.9. The van der Waals surface area contributed by atoms with Crippen LogP contribution in [0.1, 0.15) is 24.7 Å². The molecule has 0 saturated heterocycles. The Labute approximate surface area is 136 Å². The number of halogens is 3. The third kappa shape index (κ3) is 4.46. The van der Waals surface area contributed by atoms with Crippen LogP contribution in [0.3, 0.4) is 0 Å². The van der Waals surface area contributed by atoms with Gasteiger partial charge in [0.05, 0.1) is 22.3 Å². The Morgan fingerprint density at radius 3 is 3.00 bits per heavy atom. The highest BCUT2D eigenvalue weighted by Gasteiger charge is 2.11. The Kier molecular flexibility index (Phi) is 6.08. The van der Waals surface area contributed by atoms with E-state index in [4.69, 9.17) is 20.8 Å². The number of hydrogen-bond acceptors (Lipinski definition) is 3. The Bertz CT molecular complexity index is 603. The van der Waals surface area contributed by atoms with Crippen LogP contribution in [0.25, 0.3) is 0 Å². The smallest absolute Gasteiger partial charge is 0.145 e.